The maximum absolute atomic E-state index is 10.7. The Morgan fingerprint density at radius 3 is 1.83 bits per heavy atom. The minimum atomic E-state index is -0.891. The Hall–Kier alpha value is -0.860. The summed E-state index contributed by atoms with van der Waals surface area (Å²) in [6, 6.07) is 0. The van der Waals surface area contributed by atoms with Crippen molar-refractivity contribution in [2.75, 3.05) is 0 Å². The first-order valence-corrected chi connectivity index (χ1v) is 3.97. The maximum Gasteiger partial charge on any atom is 0.307 e. The SMILES string of the molecule is CC(=O)CC(C(=O)O)C(C)(C)C. The van der Waals surface area contributed by atoms with Gasteiger partial charge >= 0.3 is 5.97 Å². The van der Waals surface area contributed by atoms with Crippen LogP contribution in [-0.2, 0) is 9.59 Å². The van der Waals surface area contributed by atoms with Gasteiger partial charge < -0.3 is 9.90 Å². The van der Waals surface area contributed by atoms with E-state index in [9.17, 15) is 9.59 Å². The van der Waals surface area contributed by atoms with E-state index in [2.05, 4.69) is 0 Å². The third-order valence-electron chi connectivity index (χ3n) is 1.84. The Labute approximate surface area is 72.8 Å². The smallest absolute Gasteiger partial charge is 0.307 e. The maximum atomic E-state index is 10.7. The topological polar surface area (TPSA) is 54.4 Å². The highest BCUT2D eigenvalue weighted by molar-refractivity contribution is 5.82. The molecule has 0 spiro atoms. The number of Topliss-reactive ketones (excluding diaryl/α,β-unsaturated/α-hetero) is 1. The number of carboxylic acid groups (broad SMARTS) is 1. The van der Waals surface area contributed by atoms with E-state index < -0.39 is 11.9 Å². The third kappa shape index (κ3) is 3.51. The minimum Gasteiger partial charge on any atom is -0.481 e. The van der Waals surface area contributed by atoms with Gasteiger partial charge in [-0.15, -0.1) is 0 Å². The standard InChI is InChI=1S/C9H16O3/c1-6(10)5-7(8(11)12)9(2,3)4/h7H,5H2,1-4H3,(H,11,12). The molecule has 12 heavy (non-hydrogen) atoms. The van der Waals surface area contributed by atoms with Crippen molar-refractivity contribution in [2.24, 2.45) is 11.3 Å². The Morgan fingerprint density at radius 2 is 1.75 bits per heavy atom. The van der Waals surface area contributed by atoms with Gasteiger partial charge in [0, 0.05) is 6.42 Å². The highest BCUT2D eigenvalue weighted by atomic mass is 16.4. The highest BCUT2D eigenvalue weighted by Crippen LogP contribution is 2.28. The summed E-state index contributed by atoms with van der Waals surface area (Å²) in [6.45, 7) is 6.90. The van der Waals surface area contributed by atoms with Crippen LogP contribution in [0, 0.1) is 11.3 Å². The second-order valence-corrected chi connectivity index (χ2v) is 4.16. The van der Waals surface area contributed by atoms with Crippen molar-refractivity contribution in [1.29, 1.82) is 0 Å². The van der Waals surface area contributed by atoms with Gasteiger partial charge in [-0.1, -0.05) is 20.8 Å². The molecule has 0 radical (unpaired) electrons. The summed E-state index contributed by atoms with van der Waals surface area (Å²) in [5.41, 5.74) is -0.350. The lowest BCUT2D eigenvalue weighted by Gasteiger charge is -2.25. The Kier molecular flexibility index (Phi) is 3.43. The minimum absolute atomic E-state index is 0.0719. The van der Waals surface area contributed by atoms with Crippen LogP contribution >= 0.6 is 0 Å². The third-order valence-corrected chi connectivity index (χ3v) is 1.84. The molecule has 0 aliphatic carbocycles. The summed E-state index contributed by atoms with van der Waals surface area (Å²) >= 11 is 0. The molecule has 0 aliphatic rings. The van der Waals surface area contributed by atoms with Gasteiger partial charge in [-0.05, 0) is 12.3 Å². The number of carboxylic acids is 1. The van der Waals surface area contributed by atoms with Crippen LogP contribution in [-0.4, -0.2) is 16.9 Å². The summed E-state index contributed by atoms with van der Waals surface area (Å²) in [6.07, 6.45) is 0.124. The molecule has 0 heterocycles. The molecular weight excluding hydrogens is 156 g/mol. The van der Waals surface area contributed by atoms with Crippen molar-refractivity contribution >= 4 is 11.8 Å². The van der Waals surface area contributed by atoms with Crippen LogP contribution in [0.1, 0.15) is 34.1 Å². The predicted octanol–water partition coefficient (Wildman–Crippen LogP) is 1.71. The molecule has 1 N–H and O–H groups in total. The molecule has 0 fully saturated rings. The van der Waals surface area contributed by atoms with E-state index in [0.717, 1.165) is 0 Å². The van der Waals surface area contributed by atoms with E-state index in [0.29, 0.717) is 0 Å². The number of carbonyl (C=O) groups excluding carboxylic acids is 1. The molecule has 0 aliphatic heterocycles. The molecule has 0 rings (SSSR count). The highest BCUT2D eigenvalue weighted by Gasteiger charge is 2.31. The van der Waals surface area contributed by atoms with Crippen LogP contribution in [0.15, 0.2) is 0 Å². The molecule has 3 heteroatoms. The fourth-order valence-electron chi connectivity index (χ4n) is 1.05. The average Bonchev–Trinajstić information content (AvgIpc) is 1.79. The molecule has 1 unspecified atom stereocenters. The number of hydrogen-bond acceptors (Lipinski definition) is 2. The van der Waals surface area contributed by atoms with Crippen molar-refractivity contribution in [1.82, 2.24) is 0 Å². The molecule has 0 saturated heterocycles. The van der Waals surface area contributed by atoms with E-state index in [1.807, 2.05) is 20.8 Å². The van der Waals surface area contributed by atoms with Crippen LogP contribution in [0.4, 0.5) is 0 Å². The average molecular weight is 172 g/mol. The zero-order valence-electron chi connectivity index (χ0n) is 8.05. The normalized spacial score (nSPS) is 14.0. The van der Waals surface area contributed by atoms with Gasteiger partial charge in [0.05, 0.1) is 5.92 Å². The lowest BCUT2D eigenvalue weighted by atomic mass is 9.78. The number of hydrogen-bond donors (Lipinski definition) is 1. The zero-order chi connectivity index (χ0) is 9.94. The second kappa shape index (κ2) is 3.70. The van der Waals surface area contributed by atoms with E-state index in [4.69, 9.17) is 5.11 Å². The van der Waals surface area contributed by atoms with Gasteiger partial charge in [0.2, 0.25) is 0 Å². The lowest BCUT2D eigenvalue weighted by molar-refractivity contribution is -0.147. The Balaban J connectivity index is 4.46. The van der Waals surface area contributed by atoms with Crippen LogP contribution in [0.3, 0.4) is 0 Å². The van der Waals surface area contributed by atoms with Gasteiger partial charge in [0.15, 0.2) is 0 Å². The van der Waals surface area contributed by atoms with E-state index in [1.54, 1.807) is 0 Å². The fourth-order valence-corrected chi connectivity index (χ4v) is 1.05. The molecule has 1 atom stereocenters. The molecule has 0 bridgehead atoms. The molecule has 3 nitrogen and oxygen atoms in total. The van der Waals surface area contributed by atoms with Crippen LogP contribution in [0.25, 0.3) is 0 Å². The van der Waals surface area contributed by atoms with Crippen LogP contribution < -0.4 is 0 Å². The van der Waals surface area contributed by atoms with E-state index in [1.165, 1.54) is 6.92 Å². The van der Waals surface area contributed by atoms with Gasteiger partial charge in [-0.3, -0.25) is 4.79 Å². The number of carbonyl (C=O) groups is 2. The second-order valence-electron chi connectivity index (χ2n) is 4.16. The Bertz CT molecular complexity index is 188. The zero-order valence-corrected chi connectivity index (χ0v) is 8.05. The summed E-state index contributed by atoms with van der Waals surface area (Å²) in [7, 11) is 0. The summed E-state index contributed by atoms with van der Waals surface area (Å²) in [5.74, 6) is -1.54. The first kappa shape index (κ1) is 11.1. The van der Waals surface area contributed by atoms with Gasteiger partial charge in [-0.25, -0.2) is 0 Å². The van der Waals surface area contributed by atoms with Crippen LogP contribution in [0.5, 0.6) is 0 Å². The van der Waals surface area contributed by atoms with Gasteiger partial charge in [0.1, 0.15) is 5.78 Å². The molecule has 70 valence electrons. The van der Waals surface area contributed by atoms with Crippen molar-refractivity contribution in [3.05, 3.63) is 0 Å². The van der Waals surface area contributed by atoms with Crippen molar-refractivity contribution in [2.45, 2.75) is 34.1 Å². The molecule has 0 saturated carbocycles. The fraction of sp³-hybridized carbons (Fsp3) is 0.778. The number of ketones is 1. The Morgan fingerprint density at radius 1 is 1.33 bits per heavy atom. The van der Waals surface area contributed by atoms with Crippen LogP contribution in [0.2, 0.25) is 0 Å². The monoisotopic (exact) mass is 172 g/mol. The summed E-state index contributed by atoms with van der Waals surface area (Å²) in [4.78, 5) is 21.5. The largest absolute Gasteiger partial charge is 0.481 e. The van der Waals surface area contributed by atoms with Crippen molar-refractivity contribution in [3.63, 3.8) is 0 Å². The summed E-state index contributed by atoms with van der Waals surface area (Å²) < 4.78 is 0. The quantitative estimate of drug-likeness (QED) is 0.705. The molecule has 0 aromatic heterocycles. The first-order chi connectivity index (χ1) is 5.25. The van der Waals surface area contributed by atoms with Crippen molar-refractivity contribution < 1.29 is 14.7 Å². The van der Waals surface area contributed by atoms with Gasteiger partial charge in [0.25, 0.3) is 0 Å². The molecule has 0 aromatic carbocycles. The van der Waals surface area contributed by atoms with E-state index in [-0.39, 0.29) is 17.6 Å². The van der Waals surface area contributed by atoms with E-state index >= 15 is 0 Å². The molecule has 0 amide bonds. The lowest BCUT2D eigenvalue weighted by Crippen LogP contribution is -2.30. The number of rotatable bonds is 3. The number of aliphatic carboxylic acids is 1. The summed E-state index contributed by atoms with van der Waals surface area (Å²) in [5, 5.41) is 8.81. The molecule has 0 aromatic rings. The first-order valence-electron chi connectivity index (χ1n) is 3.97. The van der Waals surface area contributed by atoms with Crippen molar-refractivity contribution in [3.8, 4) is 0 Å². The van der Waals surface area contributed by atoms with Gasteiger partial charge in [-0.2, -0.15) is 0 Å². The predicted molar refractivity (Wildman–Crippen MR) is 45.9 cm³/mol. The molecular formula is C9H16O3.